The summed E-state index contributed by atoms with van der Waals surface area (Å²) in [7, 11) is 0. The van der Waals surface area contributed by atoms with E-state index in [1.807, 2.05) is 6.20 Å². The van der Waals surface area contributed by atoms with E-state index in [1.165, 1.54) is 17.7 Å². The minimum absolute atomic E-state index is 0.413. The highest BCUT2D eigenvalue weighted by Crippen LogP contribution is 2.21. The van der Waals surface area contributed by atoms with E-state index in [0.717, 1.165) is 6.42 Å². The maximum absolute atomic E-state index is 4.48. The fraction of sp³-hybridized carbons (Fsp3) is 0.643. The Morgan fingerprint density at radius 3 is 2.27 bits per heavy atom. The van der Waals surface area contributed by atoms with Crippen LogP contribution in [0.1, 0.15) is 58.2 Å². The second-order valence-corrected chi connectivity index (χ2v) is 5.81. The molecule has 0 aromatic carbocycles. The lowest BCUT2D eigenvalue weighted by atomic mass is 9.89. The van der Waals surface area contributed by atoms with Crippen LogP contribution in [0, 0.1) is 5.41 Å². The predicted molar refractivity (Wildman–Crippen MR) is 66.1 cm³/mol. The number of hydrogen-bond donors (Lipinski definition) is 0. The van der Waals surface area contributed by atoms with Crippen molar-refractivity contribution in [1.29, 1.82) is 0 Å². The normalized spacial score (nSPS) is 12.1. The zero-order valence-corrected chi connectivity index (χ0v) is 10.7. The van der Waals surface area contributed by atoms with Crippen molar-refractivity contribution >= 4 is 0 Å². The standard InChI is InChI=1S/C14H23N/c1-11(2)13-7-6-12(10-15-13)8-9-14(3,4)5/h6-7,10-11H,8-9H2,1-5H3. The molecule has 0 aliphatic rings. The largest absolute Gasteiger partial charge is 0.261 e. The van der Waals surface area contributed by atoms with Gasteiger partial charge in [-0.1, -0.05) is 40.7 Å². The van der Waals surface area contributed by atoms with Crippen LogP contribution in [0.25, 0.3) is 0 Å². The van der Waals surface area contributed by atoms with Crippen LogP contribution in [-0.2, 0) is 6.42 Å². The summed E-state index contributed by atoms with van der Waals surface area (Å²) in [4.78, 5) is 4.48. The lowest BCUT2D eigenvalue weighted by Gasteiger charge is -2.17. The molecule has 1 heteroatoms. The molecule has 0 saturated carbocycles. The number of pyridine rings is 1. The summed E-state index contributed by atoms with van der Waals surface area (Å²) in [5, 5.41) is 0. The summed E-state index contributed by atoms with van der Waals surface area (Å²) in [6.45, 7) is 11.2. The predicted octanol–water partition coefficient (Wildman–Crippen LogP) is 4.18. The van der Waals surface area contributed by atoms with Gasteiger partial charge in [0.1, 0.15) is 0 Å². The quantitative estimate of drug-likeness (QED) is 0.721. The van der Waals surface area contributed by atoms with Crippen LogP contribution in [0.4, 0.5) is 0 Å². The molecule has 1 nitrogen and oxygen atoms in total. The van der Waals surface area contributed by atoms with Crippen LogP contribution in [-0.4, -0.2) is 4.98 Å². The highest BCUT2D eigenvalue weighted by atomic mass is 14.7. The molecule has 0 atom stereocenters. The Morgan fingerprint density at radius 2 is 1.87 bits per heavy atom. The maximum atomic E-state index is 4.48. The zero-order valence-electron chi connectivity index (χ0n) is 10.7. The van der Waals surface area contributed by atoms with Gasteiger partial charge in [0, 0.05) is 11.9 Å². The summed E-state index contributed by atoms with van der Waals surface area (Å²) < 4.78 is 0. The van der Waals surface area contributed by atoms with E-state index in [4.69, 9.17) is 0 Å². The first-order valence-corrected chi connectivity index (χ1v) is 5.83. The SMILES string of the molecule is CC(C)c1ccc(CCC(C)(C)C)cn1. The second kappa shape index (κ2) is 4.78. The molecule has 0 unspecified atom stereocenters. The van der Waals surface area contributed by atoms with Gasteiger partial charge in [0.2, 0.25) is 0 Å². The molecule has 1 rings (SSSR count). The molecule has 0 aliphatic heterocycles. The van der Waals surface area contributed by atoms with Gasteiger partial charge in [-0.15, -0.1) is 0 Å². The van der Waals surface area contributed by atoms with Crippen LogP contribution in [0.15, 0.2) is 18.3 Å². The van der Waals surface area contributed by atoms with E-state index in [0.29, 0.717) is 11.3 Å². The Labute approximate surface area is 93.9 Å². The molecule has 0 N–H and O–H groups in total. The number of nitrogens with zero attached hydrogens (tertiary/aromatic N) is 1. The van der Waals surface area contributed by atoms with Crippen molar-refractivity contribution in [3.05, 3.63) is 29.6 Å². The van der Waals surface area contributed by atoms with Gasteiger partial charge in [0.25, 0.3) is 0 Å². The molecule has 0 saturated heterocycles. The van der Waals surface area contributed by atoms with Crippen molar-refractivity contribution < 1.29 is 0 Å². The molecule has 1 aromatic heterocycles. The smallest absolute Gasteiger partial charge is 0.0429 e. The average Bonchev–Trinajstić information content (AvgIpc) is 2.14. The average molecular weight is 205 g/mol. The molecule has 0 bridgehead atoms. The molecular formula is C14H23N. The van der Waals surface area contributed by atoms with Gasteiger partial charge in [0.15, 0.2) is 0 Å². The Hall–Kier alpha value is -0.850. The molecule has 0 aliphatic carbocycles. The third kappa shape index (κ3) is 4.46. The summed E-state index contributed by atoms with van der Waals surface area (Å²) in [6.07, 6.45) is 4.38. The van der Waals surface area contributed by atoms with Crippen LogP contribution < -0.4 is 0 Å². The Balaban J connectivity index is 2.57. The third-order valence-corrected chi connectivity index (χ3v) is 2.60. The highest BCUT2D eigenvalue weighted by molar-refractivity contribution is 5.16. The van der Waals surface area contributed by atoms with Gasteiger partial charge in [-0.3, -0.25) is 4.98 Å². The molecule has 0 radical (unpaired) electrons. The minimum atomic E-state index is 0.413. The second-order valence-electron chi connectivity index (χ2n) is 5.81. The van der Waals surface area contributed by atoms with Gasteiger partial charge >= 0.3 is 0 Å². The van der Waals surface area contributed by atoms with Crippen molar-refractivity contribution in [3.63, 3.8) is 0 Å². The summed E-state index contributed by atoms with van der Waals surface area (Å²) >= 11 is 0. The van der Waals surface area contributed by atoms with Crippen LogP contribution in [0.3, 0.4) is 0 Å². The molecule has 15 heavy (non-hydrogen) atoms. The number of aryl methyl sites for hydroxylation is 1. The summed E-state index contributed by atoms with van der Waals surface area (Å²) in [5.41, 5.74) is 2.96. The van der Waals surface area contributed by atoms with Crippen molar-refractivity contribution in [2.24, 2.45) is 5.41 Å². The molecule has 0 spiro atoms. The number of rotatable bonds is 3. The monoisotopic (exact) mass is 205 g/mol. The van der Waals surface area contributed by atoms with Crippen molar-refractivity contribution in [2.75, 3.05) is 0 Å². The topological polar surface area (TPSA) is 12.9 Å². The summed E-state index contributed by atoms with van der Waals surface area (Å²) in [5.74, 6) is 0.529. The first-order valence-electron chi connectivity index (χ1n) is 5.83. The van der Waals surface area contributed by atoms with Crippen LogP contribution in [0.5, 0.6) is 0 Å². The Bertz CT molecular complexity index is 290. The van der Waals surface area contributed by atoms with Gasteiger partial charge in [-0.05, 0) is 35.8 Å². The van der Waals surface area contributed by atoms with E-state index < -0.39 is 0 Å². The van der Waals surface area contributed by atoms with E-state index in [-0.39, 0.29) is 0 Å². The Morgan fingerprint density at radius 1 is 1.20 bits per heavy atom. The summed E-state index contributed by atoms with van der Waals surface area (Å²) in [6, 6.07) is 4.37. The molecule has 1 aromatic rings. The Kier molecular flexibility index (Phi) is 3.90. The molecule has 1 heterocycles. The molecule has 0 amide bonds. The fourth-order valence-electron chi connectivity index (χ4n) is 1.44. The van der Waals surface area contributed by atoms with Crippen molar-refractivity contribution in [3.8, 4) is 0 Å². The number of hydrogen-bond acceptors (Lipinski definition) is 1. The lowest BCUT2D eigenvalue weighted by Crippen LogP contribution is -2.06. The highest BCUT2D eigenvalue weighted by Gasteiger charge is 2.10. The van der Waals surface area contributed by atoms with Gasteiger partial charge in [-0.2, -0.15) is 0 Å². The minimum Gasteiger partial charge on any atom is -0.261 e. The first kappa shape index (κ1) is 12.2. The van der Waals surface area contributed by atoms with Crippen LogP contribution in [0.2, 0.25) is 0 Å². The third-order valence-electron chi connectivity index (χ3n) is 2.60. The van der Waals surface area contributed by atoms with Crippen molar-refractivity contribution in [1.82, 2.24) is 4.98 Å². The molecule has 84 valence electrons. The fourth-order valence-corrected chi connectivity index (χ4v) is 1.44. The van der Waals surface area contributed by atoms with Gasteiger partial charge < -0.3 is 0 Å². The van der Waals surface area contributed by atoms with Crippen LogP contribution >= 0.6 is 0 Å². The lowest BCUT2D eigenvalue weighted by molar-refractivity contribution is 0.378. The van der Waals surface area contributed by atoms with Gasteiger partial charge in [0.05, 0.1) is 0 Å². The number of aromatic nitrogens is 1. The maximum Gasteiger partial charge on any atom is 0.0429 e. The van der Waals surface area contributed by atoms with Gasteiger partial charge in [-0.25, -0.2) is 0 Å². The van der Waals surface area contributed by atoms with Crippen molar-refractivity contribution in [2.45, 2.75) is 53.4 Å². The molecule has 0 fully saturated rings. The van der Waals surface area contributed by atoms with E-state index in [2.05, 4.69) is 51.7 Å². The van der Waals surface area contributed by atoms with E-state index in [9.17, 15) is 0 Å². The zero-order chi connectivity index (χ0) is 11.5. The van der Waals surface area contributed by atoms with E-state index >= 15 is 0 Å². The first-order chi connectivity index (χ1) is 6.88. The molecular weight excluding hydrogens is 182 g/mol. The van der Waals surface area contributed by atoms with E-state index in [1.54, 1.807) is 0 Å².